The summed E-state index contributed by atoms with van der Waals surface area (Å²) in [5, 5.41) is 1.94. The van der Waals surface area contributed by atoms with Gasteiger partial charge in [0.15, 0.2) is 0 Å². The molecule has 1 unspecified atom stereocenters. The highest BCUT2D eigenvalue weighted by atomic mass is 79.9. The fourth-order valence-corrected chi connectivity index (χ4v) is 6.56. The van der Waals surface area contributed by atoms with Crippen LogP contribution in [0.2, 0.25) is 0 Å². The minimum atomic E-state index is -3.55. The third-order valence-electron chi connectivity index (χ3n) is 2.79. The highest BCUT2D eigenvalue weighted by Crippen LogP contribution is 2.33. The van der Waals surface area contributed by atoms with Gasteiger partial charge in [0.2, 0.25) is 10.0 Å². The molecule has 0 spiro atoms. The van der Waals surface area contributed by atoms with E-state index in [0.29, 0.717) is 16.8 Å². The molecule has 2 aromatic heterocycles. The van der Waals surface area contributed by atoms with Crippen molar-refractivity contribution in [3.63, 3.8) is 0 Å². The lowest BCUT2D eigenvalue weighted by molar-refractivity contribution is 0.553. The van der Waals surface area contributed by atoms with E-state index in [1.54, 1.807) is 17.4 Å². The normalized spacial score (nSPS) is 13.6. The number of sulfonamides is 1. The van der Waals surface area contributed by atoms with Crippen molar-refractivity contribution in [1.82, 2.24) is 4.72 Å². The van der Waals surface area contributed by atoms with E-state index >= 15 is 0 Å². The summed E-state index contributed by atoms with van der Waals surface area (Å²) in [6, 6.07) is 5.28. The molecule has 8 heteroatoms. The Morgan fingerprint density at radius 2 is 2.25 bits per heavy atom. The van der Waals surface area contributed by atoms with Gasteiger partial charge in [0.1, 0.15) is 4.90 Å². The molecule has 0 fully saturated rings. The zero-order valence-corrected chi connectivity index (χ0v) is 14.8. The van der Waals surface area contributed by atoms with Gasteiger partial charge >= 0.3 is 0 Å². The van der Waals surface area contributed by atoms with Gasteiger partial charge in [-0.25, -0.2) is 13.1 Å². The van der Waals surface area contributed by atoms with Gasteiger partial charge in [0, 0.05) is 16.3 Å². The Balaban J connectivity index is 2.28. The molecule has 0 aromatic carbocycles. The quantitative estimate of drug-likeness (QED) is 0.787. The van der Waals surface area contributed by atoms with Crippen LogP contribution in [0.4, 0.5) is 0 Å². The van der Waals surface area contributed by atoms with E-state index in [9.17, 15) is 8.42 Å². The Bertz CT molecular complexity index is 665. The molecule has 1 atom stereocenters. The van der Waals surface area contributed by atoms with Gasteiger partial charge in [-0.15, -0.1) is 22.7 Å². The largest absolute Gasteiger partial charge is 0.326 e. The van der Waals surface area contributed by atoms with Crippen LogP contribution in [-0.4, -0.2) is 8.42 Å². The van der Waals surface area contributed by atoms with Crippen LogP contribution in [0.15, 0.2) is 32.3 Å². The standard InChI is InChI=1S/C12H15BrN2O2S3/c1-2-9(10-4-3-5-18-10)15-20(16,17)11-6-8(7-14)19-12(11)13/h3-6,9,15H,2,7,14H2,1H3. The summed E-state index contributed by atoms with van der Waals surface area (Å²) in [5.41, 5.74) is 5.56. The molecule has 3 N–H and O–H groups in total. The van der Waals surface area contributed by atoms with Crippen LogP contribution < -0.4 is 10.5 Å². The molecule has 0 aliphatic rings. The van der Waals surface area contributed by atoms with Gasteiger partial charge in [-0.1, -0.05) is 13.0 Å². The van der Waals surface area contributed by atoms with Crippen molar-refractivity contribution in [2.75, 3.05) is 0 Å². The van der Waals surface area contributed by atoms with Crippen molar-refractivity contribution in [2.24, 2.45) is 5.73 Å². The average Bonchev–Trinajstić information content (AvgIpc) is 3.05. The third-order valence-corrected chi connectivity index (χ3v) is 7.52. The van der Waals surface area contributed by atoms with Gasteiger partial charge < -0.3 is 5.73 Å². The zero-order chi connectivity index (χ0) is 14.8. The number of halogens is 1. The highest BCUT2D eigenvalue weighted by molar-refractivity contribution is 9.11. The molecule has 0 amide bonds. The number of hydrogen-bond acceptors (Lipinski definition) is 5. The maximum absolute atomic E-state index is 12.5. The lowest BCUT2D eigenvalue weighted by Crippen LogP contribution is -2.27. The summed E-state index contributed by atoms with van der Waals surface area (Å²) in [5.74, 6) is 0. The van der Waals surface area contributed by atoms with Crippen LogP contribution >= 0.6 is 38.6 Å². The molecule has 0 radical (unpaired) electrons. The molecular weight excluding hydrogens is 380 g/mol. The minimum absolute atomic E-state index is 0.201. The van der Waals surface area contributed by atoms with E-state index in [4.69, 9.17) is 5.73 Å². The fourth-order valence-electron chi connectivity index (χ4n) is 1.76. The molecule has 2 heterocycles. The predicted molar refractivity (Wildman–Crippen MR) is 87.6 cm³/mol. The molecule has 0 aliphatic carbocycles. The monoisotopic (exact) mass is 394 g/mol. The molecule has 0 aliphatic heterocycles. The minimum Gasteiger partial charge on any atom is -0.326 e. The molecule has 2 rings (SSSR count). The molecule has 20 heavy (non-hydrogen) atoms. The van der Waals surface area contributed by atoms with Crippen molar-refractivity contribution in [3.05, 3.63) is 37.1 Å². The smallest absolute Gasteiger partial charge is 0.243 e. The maximum Gasteiger partial charge on any atom is 0.243 e. The SMILES string of the molecule is CCC(NS(=O)(=O)c1cc(CN)sc1Br)c1cccs1. The van der Waals surface area contributed by atoms with Gasteiger partial charge in [-0.2, -0.15) is 0 Å². The van der Waals surface area contributed by atoms with E-state index in [2.05, 4.69) is 20.7 Å². The van der Waals surface area contributed by atoms with Crippen LogP contribution in [0, 0.1) is 0 Å². The van der Waals surface area contributed by atoms with Crippen molar-refractivity contribution in [3.8, 4) is 0 Å². The van der Waals surface area contributed by atoms with Gasteiger partial charge in [-0.05, 0) is 39.9 Å². The molecule has 4 nitrogen and oxygen atoms in total. The number of rotatable bonds is 6. The van der Waals surface area contributed by atoms with Crippen molar-refractivity contribution >= 4 is 48.6 Å². The number of hydrogen-bond donors (Lipinski definition) is 2. The summed E-state index contributed by atoms with van der Waals surface area (Å²) < 4.78 is 28.3. The first-order chi connectivity index (χ1) is 9.47. The maximum atomic E-state index is 12.5. The molecule has 0 bridgehead atoms. The first kappa shape index (κ1) is 16.1. The van der Waals surface area contributed by atoms with E-state index in [-0.39, 0.29) is 10.9 Å². The Morgan fingerprint density at radius 3 is 2.75 bits per heavy atom. The van der Waals surface area contributed by atoms with Crippen LogP contribution in [0.5, 0.6) is 0 Å². The lowest BCUT2D eigenvalue weighted by Gasteiger charge is -2.15. The molecule has 110 valence electrons. The first-order valence-corrected chi connectivity index (χ1v) is 9.99. The Labute approximate surface area is 135 Å². The number of thiophene rings is 2. The number of nitrogens with two attached hydrogens (primary N) is 1. The average molecular weight is 395 g/mol. The Morgan fingerprint density at radius 1 is 1.50 bits per heavy atom. The summed E-state index contributed by atoms with van der Waals surface area (Å²) in [4.78, 5) is 2.11. The van der Waals surface area contributed by atoms with Crippen LogP contribution in [-0.2, 0) is 16.6 Å². The summed E-state index contributed by atoms with van der Waals surface area (Å²) in [6.45, 7) is 2.29. The summed E-state index contributed by atoms with van der Waals surface area (Å²) >= 11 is 6.20. The first-order valence-electron chi connectivity index (χ1n) is 6.02. The van der Waals surface area contributed by atoms with Crippen LogP contribution in [0.25, 0.3) is 0 Å². The molecule has 0 saturated carbocycles. The molecular formula is C12H15BrN2O2S3. The van der Waals surface area contributed by atoms with Crippen molar-refractivity contribution < 1.29 is 8.42 Å². The lowest BCUT2D eigenvalue weighted by atomic mass is 10.2. The van der Waals surface area contributed by atoms with E-state index in [1.807, 2.05) is 24.4 Å². The van der Waals surface area contributed by atoms with Gasteiger partial charge in [-0.3, -0.25) is 0 Å². The summed E-state index contributed by atoms with van der Waals surface area (Å²) in [6.07, 6.45) is 0.700. The van der Waals surface area contributed by atoms with Crippen LogP contribution in [0.1, 0.15) is 29.1 Å². The fraction of sp³-hybridized carbons (Fsp3) is 0.333. The van der Waals surface area contributed by atoms with Gasteiger partial charge in [0.05, 0.1) is 9.83 Å². The second-order valence-electron chi connectivity index (χ2n) is 4.15. The topological polar surface area (TPSA) is 72.2 Å². The van der Waals surface area contributed by atoms with Crippen molar-refractivity contribution in [1.29, 1.82) is 0 Å². The summed E-state index contributed by atoms with van der Waals surface area (Å²) in [7, 11) is -3.55. The Kier molecular flexibility index (Phi) is 5.38. The zero-order valence-electron chi connectivity index (χ0n) is 10.8. The van der Waals surface area contributed by atoms with E-state index in [0.717, 1.165) is 9.75 Å². The van der Waals surface area contributed by atoms with E-state index in [1.165, 1.54) is 11.3 Å². The Hall–Kier alpha value is -0.250. The van der Waals surface area contributed by atoms with Crippen molar-refractivity contribution in [2.45, 2.75) is 30.8 Å². The highest BCUT2D eigenvalue weighted by Gasteiger charge is 2.24. The number of nitrogens with one attached hydrogen (secondary N) is 1. The second-order valence-corrected chi connectivity index (χ2v) is 9.27. The second kappa shape index (κ2) is 6.67. The van der Waals surface area contributed by atoms with Gasteiger partial charge in [0.25, 0.3) is 0 Å². The third kappa shape index (κ3) is 3.49. The molecule has 0 saturated heterocycles. The van der Waals surface area contributed by atoms with E-state index < -0.39 is 10.0 Å². The molecule has 2 aromatic rings. The van der Waals surface area contributed by atoms with Crippen LogP contribution in [0.3, 0.4) is 0 Å². The predicted octanol–water partition coefficient (Wildman–Crippen LogP) is 3.46.